The number of pyridine rings is 1. The largest absolute Gasteiger partial charge is 0.450 e. The van der Waals surface area contributed by atoms with Crippen LogP contribution in [0.2, 0.25) is 5.02 Å². The van der Waals surface area contributed by atoms with E-state index < -0.39 is 17.8 Å². The predicted octanol–water partition coefficient (Wildman–Crippen LogP) is 4.60. The molecule has 0 aromatic carbocycles. The van der Waals surface area contributed by atoms with Gasteiger partial charge in [0.05, 0.1) is 22.9 Å². The van der Waals surface area contributed by atoms with Crippen LogP contribution in [0.3, 0.4) is 0 Å². The molecule has 0 aliphatic heterocycles. The van der Waals surface area contributed by atoms with Crippen LogP contribution in [0.25, 0.3) is 0 Å². The van der Waals surface area contributed by atoms with Crippen LogP contribution in [-0.2, 0) is 17.3 Å². The number of nitrogens with one attached hydrogen (secondary N) is 1. The lowest BCUT2D eigenvalue weighted by molar-refractivity contribution is -0.137. The van der Waals surface area contributed by atoms with Gasteiger partial charge >= 0.3 is 12.3 Å². The molecule has 4 nitrogen and oxygen atoms in total. The first-order valence-electron chi connectivity index (χ1n) is 7.15. The smallest absolute Gasteiger partial charge is 0.417 e. The molecule has 1 N–H and O–H groups in total. The Kier molecular flexibility index (Phi) is 6.68. The second-order valence-electron chi connectivity index (χ2n) is 6.12. The summed E-state index contributed by atoms with van der Waals surface area (Å²) in [7, 11) is 0. The summed E-state index contributed by atoms with van der Waals surface area (Å²) in [6.45, 7) is 5.74. The van der Waals surface area contributed by atoms with Crippen molar-refractivity contribution >= 4 is 17.7 Å². The molecule has 1 amide bonds. The van der Waals surface area contributed by atoms with Crippen LogP contribution in [0.15, 0.2) is 12.3 Å². The van der Waals surface area contributed by atoms with E-state index in [9.17, 15) is 18.0 Å². The summed E-state index contributed by atoms with van der Waals surface area (Å²) in [4.78, 5) is 15.2. The van der Waals surface area contributed by atoms with E-state index in [2.05, 4.69) is 10.3 Å². The number of aromatic nitrogens is 1. The van der Waals surface area contributed by atoms with Crippen LogP contribution < -0.4 is 5.32 Å². The fourth-order valence-electron chi connectivity index (χ4n) is 1.71. The van der Waals surface area contributed by atoms with Crippen molar-refractivity contribution < 1.29 is 22.7 Å². The zero-order valence-corrected chi connectivity index (χ0v) is 14.0. The van der Waals surface area contributed by atoms with Gasteiger partial charge in [-0.25, -0.2) is 4.79 Å². The molecule has 23 heavy (non-hydrogen) atoms. The second-order valence-corrected chi connectivity index (χ2v) is 6.53. The number of halogens is 4. The minimum atomic E-state index is -4.45. The highest BCUT2D eigenvalue weighted by Crippen LogP contribution is 2.31. The van der Waals surface area contributed by atoms with Gasteiger partial charge in [0.25, 0.3) is 0 Å². The number of ether oxygens (including phenoxy) is 1. The number of carbonyl (C=O) groups is 1. The number of hydrogen-bond donors (Lipinski definition) is 1. The monoisotopic (exact) mass is 352 g/mol. The minimum absolute atomic E-state index is 0.00813. The Morgan fingerprint density at radius 1 is 1.30 bits per heavy atom. The molecule has 0 aliphatic carbocycles. The van der Waals surface area contributed by atoms with Crippen LogP contribution in [0, 0.1) is 0 Å². The lowest BCUT2D eigenvalue weighted by Gasteiger charge is -2.19. The number of aryl methyl sites for hydroxylation is 1. The first-order chi connectivity index (χ1) is 10.5. The third kappa shape index (κ3) is 7.54. The molecule has 130 valence electrons. The van der Waals surface area contributed by atoms with E-state index in [-0.39, 0.29) is 17.2 Å². The van der Waals surface area contributed by atoms with Crippen molar-refractivity contribution in [3.63, 3.8) is 0 Å². The van der Waals surface area contributed by atoms with E-state index >= 15 is 0 Å². The highest BCUT2D eigenvalue weighted by molar-refractivity contribution is 6.31. The number of hydrogen-bond acceptors (Lipinski definition) is 3. The van der Waals surface area contributed by atoms with Gasteiger partial charge in [0.1, 0.15) is 0 Å². The molecule has 0 fully saturated rings. The van der Waals surface area contributed by atoms with Crippen LogP contribution in [0.1, 0.15) is 44.9 Å². The normalized spacial score (nSPS) is 12.1. The Hall–Kier alpha value is -1.50. The van der Waals surface area contributed by atoms with Gasteiger partial charge in [0.15, 0.2) is 0 Å². The summed E-state index contributed by atoms with van der Waals surface area (Å²) >= 11 is 5.81. The number of unbranched alkanes of at least 4 members (excludes halogenated alkanes) is 1. The Balaban J connectivity index is 2.35. The Bertz CT molecular complexity index is 543. The second kappa shape index (κ2) is 7.86. The van der Waals surface area contributed by atoms with Crippen LogP contribution in [-0.4, -0.2) is 23.2 Å². The summed E-state index contributed by atoms with van der Waals surface area (Å²) < 4.78 is 42.5. The molecule has 0 saturated heterocycles. The molecule has 0 atom stereocenters. The van der Waals surface area contributed by atoms with Gasteiger partial charge in [-0.1, -0.05) is 11.6 Å². The fraction of sp³-hybridized carbons (Fsp3) is 0.600. The van der Waals surface area contributed by atoms with Crippen molar-refractivity contribution in [3.8, 4) is 0 Å². The standard InChI is InChI=1S/C15H20ClF3N2O2/c1-14(2,3)21-13(22)23-7-5-4-6-12-11(16)8-10(9-20-12)15(17,18)19/h8-9H,4-7H2,1-3H3,(H,21,22). The third-order valence-electron chi connectivity index (χ3n) is 2.76. The van der Waals surface area contributed by atoms with E-state index in [1.807, 2.05) is 20.8 Å². The topological polar surface area (TPSA) is 51.2 Å². The maximum absolute atomic E-state index is 12.5. The molecule has 0 spiro atoms. The van der Waals surface area contributed by atoms with Gasteiger partial charge in [-0.05, 0) is 46.1 Å². The highest BCUT2D eigenvalue weighted by atomic mass is 35.5. The first kappa shape index (κ1) is 19.5. The maximum Gasteiger partial charge on any atom is 0.417 e. The molecule has 1 aromatic heterocycles. The van der Waals surface area contributed by atoms with Crippen molar-refractivity contribution in [2.75, 3.05) is 6.61 Å². The van der Waals surface area contributed by atoms with Gasteiger partial charge < -0.3 is 10.1 Å². The van der Waals surface area contributed by atoms with Gasteiger partial charge in [-0.2, -0.15) is 13.2 Å². The Morgan fingerprint density at radius 2 is 1.96 bits per heavy atom. The van der Waals surface area contributed by atoms with Gasteiger partial charge in [-0.3, -0.25) is 4.98 Å². The summed E-state index contributed by atoms with van der Waals surface area (Å²) in [6, 6.07) is 0.872. The van der Waals surface area contributed by atoms with E-state index in [4.69, 9.17) is 16.3 Å². The molecular formula is C15H20ClF3N2O2. The fourth-order valence-corrected chi connectivity index (χ4v) is 1.97. The molecule has 1 rings (SSSR count). The zero-order valence-electron chi connectivity index (χ0n) is 13.3. The molecular weight excluding hydrogens is 333 g/mol. The number of nitrogens with zero attached hydrogens (tertiary/aromatic N) is 1. The SMILES string of the molecule is CC(C)(C)NC(=O)OCCCCc1ncc(C(F)(F)F)cc1Cl. The molecule has 1 heterocycles. The van der Waals surface area contributed by atoms with Gasteiger partial charge in [-0.15, -0.1) is 0 Å². The molecule has 8 heteroatoms. The number of alkyl carbamates (subject to hydrolysis) is 1. The molecule has 0 unspecified atom stereocenters. The van der Waals surface area contributed by atoms with Crippen LogP contribution in [0.4, 0.5) is 18.0 Å². The minimum Gasteiger partial charge on any atom is -0.450 e. The maximum atomic E-state index is 12.5. The summed E-state index contributed by atoms with van der Waals surface area (Å²) in [5.41, 5.74) is -0.832. The van der Waals surface area contributed by atoms with Crippen molar-refractivity contribution in [1.82, 2.24) is 10.3 Å². The average molecular weight is 353 g/mol. The number of carbonyl (C=O) groups excluding carboxylic acids is 1. The number of alkyl halides is 3. The number of rotatable bonds is 5. The Morgan fingerprint density at radius 3 is 2.48 bits per heavy atom. The van der Waals surface area contributed by atoms with E-state index in [0.717, 1.165) is 12.3 Å². The summed E-state index contributed by atoms with van der Waals surface area (Å²) in [5.74, 6) is 0. The number of amides is 1. The average Bonchev–Trinajstić information content (AvgIpc) is 2.36. The van der Waals surface area contributed by atoms with Gasteiger partial charge in [0, 0.05) is 11.7 Å². The molecule has 0 bridgehead atoms. The first-order valence-corrected chi connectivity index (χ1v) is 7.53. The lowest BCUT2D eigenvalue weighted by atomic mass is 10.1. The summed E-state index contributed by atoms with van der Waals surface area (Å²) in [6.07, 6.45) is -2.60. The summed E-state index contributed by atoms with van der Waals surface area (Å²) in [5, 5.41) is 2.65. The third-order valence-corrected chi connectivity index (χ3v) is 3.09. The quantitative estimate of drug-likeness (QED) is 0.788. The van der Waals surface area contributed by atoms with Crippen LogP contribution in [0.5, 0.6) is 0 Å². The van der Waals surface area contributed by atoms with Crippen molar-refractivity contribution in [2.24, 2.45) is 0 Å². The van der Waals surface area contributed by atoms with E-state index in [1.165, 1.54) is 0 Å². The molecule has 1 aromatic rings. The van der Waals surface area contributed by atoms with Gasteiger partial charge in [0.2, 0.25) is 0 Å². The Labute approximate surface area is 138 Å². The molecule has 0 saturated carbocycles. The van der Waals surface area contributed by atoms with Crippen LogP contribution >= 0.6 is 11.6 Å². The molecule has 0 aliphatic rings. The van der Waals surface area contributed by atoms with E-state index in [0.29, 0.717) is 25.0 Å². The zero-order chi connectivity index (χ0) is 17.7. The van der Waals surface area contributed by atoms with Crippen molar-refractivity contribution in [1.29, 1.82) is 0 Å². The van der Waals surface area contributed by atoms with Crippen molar-refractivity contribution in [3.05, 3.63) is 28.5 Å². The van der Waals surface area contributed by atoms with Crippen molar-refractivity contribution in [2.45, 2.75) is 51.7 Å². The van der Waals surface area contributed by atoms with E-state index in [1.54, 1.807) is 0 Å². The predicted molar refractivity (Wildman–Crippen MR) is 81.4 cm³/mol. The highest BCUT2D eigenvalue weighted by Gasteiger charge is 2.31. The lowest BCUT2D eigenvalue weighted by Crippen LogP contribution is -2.41. The molecule has 0 radical (unpaired) electrons.